The van der Waals surface area contributed by atoms with Crippen LogP contribution in [0.15, 0.2) is 0 Å². The molecule has 5 nitrogen and oxygen atoms in total. The molecule has 1 aliphatic heterocycles. The molecule has 0 spiro atoms. The summed E-state index contributed by atoms with van der Waals surface area (Å²) in [4.78, 5) is 12.9. The van der Waals surface area contributed by atoms with Crippen molar-refractivity contribution in [2.45, 2.75) is 13.8 Å². The van der Waals surface area contributed by atoms with E-state index in [0.29, 0.717) is 19.9 Å². The zero-order valence-electron chi connectivity index (χ0n) is 8.69. The molecule has 0 atom stereocenters. The summed E-state index contributed by atoms with van der Waals surface area (Å²) in [7, 11) is 2.04. The van der Waals surface area contributed by atoms with E-state index in [0.717, 1.165) is 13.3 Å². The van der Waals surface area contributed by atoms with Gasteiger partial charge < -0.3 is 0 Å². The molecule has 0 radical (unpaired) electrons. The first kappa shape index (κ1) is 10.9. The van der Waals surface area contributed by atoms with Crippen molar-refractivity contribution in [3.05, 3.63) is 0 Å². The first-order valence-electron chi connectivity index (χ1n) is 4.70. The third-order valence-electron chi connectivity index (χ3n) is 1.74. The SMILES string of the molecule is CCON1CN(C)CN(OCC)C1. The van der Waals surface area contributed by atoms with E-state index in [4.69, 9.17) is 9.68 Å². The third-order valence-corrected chi connectivity index (χ3v) is 1.74. The zero-order valence-corrected chi connectivity index (χ0v) is 8.69. The maximum absolute atomic E-state index is 5.40. The molecule has 0 aromatic carbocycles. The van der Waals surface area contributed by atoms with Gasteiger partial charge in [-0.2, -0.15) is 10.1 Å². The molecule has 1 saturated heterocycles. The average molecular weight is 189 g/mol. The highest BCUT2D eigenvalue weighted by atomic mass is 16.7. The second-order valence-corrected chi connectivity index (χ2v) is 3.08. The summed E-state index contributed by atoms with van der Waals surface area (Å²) in [5.74, 6) is 0. The number of hydroxylamine groups is 4. The molecule has 1 heterocycles. The molecule has 1 aliphatic rings. The topological polar surface area (TPSA) is 28.2 Å². The lowest BCUT2D eigenvalue weighted by atomic mass is 10.6. The zero-order chi connectivity index (χ0) is 9.68. The van der Waals surface area contributed by atoms with Crippen molar-refractivity contribution in [2.75, 3.05) is 40.3 Å². The van der Waals surface area contributed by atoms with E-state index in [1.165, 1.54) is 0 Å². The Balaban J connectivity index is 2.33. The molecule has 0 unspecified atom stereocenters. The summed E-state index contributed by atoms with van der Waals surface area (Å²) in [6, 6.07) is 0. The van der Waals surface area contributed by atoms with Crippen LogP contribution >= 0.6 is 0 Å². The Morgan fingerprint density at radius 1 is 0.923 bits per heavy atom. The van der Waals surface area contributed by atoms with Gasteiger partial charge in [0, 0.05) is 0 Å². The molecule has 1 fully saturated rings. The van der Waals surface area contributed by atoms with E-state index in [1.54, 1.807) is 0 Å². The normalized spacial score (nSPS) is 22.4. The smallest absolute Gasteiger partial charge is 0.103 e. The van der Waals surface area contributed by atoms with Crippen LogP contribution in [0.3, 0.4) is 0 Å². The summed E-state index contributed by atoms with van der Waals surface area (Å²) in [5, 5.41) is 3.78. The van der Waals surface area contributed by atoms with Crippen molar-refractivity contribution in [1.29, 1.82) is 0 Å². The average Bonchev–Trinajstić information content (AvgIpc) is 2.04. The Bertz CT molecular complexity index is 131. The summed E-state index contributed by atoms with van der Waals surface area (Å²) in [5.41, 5.74) is 0. The van der Waals surface area contributed by atoms with Crippen molar-refractivity contribution >= 4 is 0 Å². The molecule has 78 valence electrons. The van der Waals surface area contributed by atoms with Gasteiger partial charge in [0.15, 0.2) is 0 Å². The summed E-state index contributed by atoms with van der Waals surface area (Å²) in [6.45, 7) is 7.75. The van der Waals surface area contributed by atoms with Gasteiger partial charge in [0.05, 0.1) is 26.6 Å². The Hall–Kier alpha value is -0.200. The van der Waals surface area contributed by atoms with Crippen LogP contribution < -0.4 is 0 Å². The van der Waals surface area contributed by atoms with Gasteiger partial charge in [-0.25, -0.2) is 0 Å². The highest BCUT2D eigenvalue weighted by Gasteiger charge is 2.21. The highest BCUT2D eigenvalue weighted by molar-refractivity contribution is 4.54. The lowest BCUT2D eigenvalue weighted by Crippen LogP contribution is -2.53. The quantitative estimate of drug-likeness (QED) is 0.634. The Morgan fingerprint density at radius 3 is 1.77 bits per heavy atom. The second-order valence-electron chi connectivity index (χ2n) is 3.08. The molecule has 0 N–H and O–H groups in total. The van der Waals surface area contributed by atoms with Crippen molar-refractivity contribution < 1.29 is 9.68 Å². The van der Waals surface area contributed by atoms with E-state index < -0.39 is 0 Å². The fourth-order valence-corrected chi connectivity index (χ4v) is 1.38. The van der Waals surface area contributed by atoms with E-state index in [1.807, 2.05) is 31.0 Å². The van der Waals surface area contributed by atoms with Crippen molar-refractivity contribution in [2.24, 2.45) is 0 Å². The van der Waals surface area contributed by atoms with Crippen LogP contribution in [0.25, 0.3) is 0 Å². The monoisotopic (exact) mass is 189 g/mol. The molecule has 0 aromatic heterocycles. The molecular formula is C8H19N3O2. The molecule has 0 aliphatic carbocycles. The molecule has 13 heavy (non-hydrogen) atoms. The Morgan fingerprint density at radius 2 is 1.38 bits per heavy atom. The van der Waals surface area contributed by atoms with Gasteiger partial charge in [-0.15, -0.1) is 0 Å². The van der Waals surface area contributed by atoms with Crippen LogP contribution in [-0.4, -0.2) is 55.3 Å². The summed E-state index contributed by atoms with van der Waals surface area (Å²) < 4.78 is 0. The molecule has 0 aromatic rings. The standard InChI is InChI=1S/C8H19N3O2/c1-4-12-10-6-9(3)7-11(8-10)13-5-2/h4-8H2,1-3H3. The fraction of sp³-hybridized carbons (Fsp3) is 1.00. The van der Waals surface area contributed by atoms with Crippen LogP contribution in [0.4, 0.5) is 0 Å². The van der Waals surface area contributed by atoms with Gasteiger partial charge in [-0.05, 0) is 20.9 Å². The Kier molecular flexibility index (Phi) is 4.61. The van der Waals surface area contributed by atoms with Crippen LogP contribution in [0.2, 0.25) is 0 Å². The van der Waals surface area contributed by atoms with Gasteiger partial charge in [0.25, 0.3) is 0 Å². The number of rotatable bonds is 4. The van der Waals surface area contributed by atoms with Crippen LogP contribution in [0.1, 0.15) is 13.8 Å². The maximum atomic E-state index is 5.40. The number of nitrogens with zero attached hydrogens (tertiary/aromatic N) is 3. The minimum atomic E-state index is 0.702. The van der Waals surface area contributed by atoms with Crippen molar-refractivity contribution in [1.82, 2.24) is 15.0 Å². The van der Waals surface area contributed by atoms with Gasteiger partial charge in [0.2, 0.25) is 0 Å². The van der Waals surface area contributed by atoms with Crippen LogP contribution in [-0.2, 0) is 9.68 Å². The summed E-state index contributed by atoms with van der Waals surface area (Å²) in [6.07, 6.45) is 0. The largest absolute Gasteiger partial charge is 0.297 e. The minimum Gasteiger partial charge on any atom is -0.297 e. The summed E-state index contributed by atoms with van der Waals surface area (Å²) >= 11 is 0. The van der Waals surface area contributed by atoms with E-state index in [-0.39, 0.29) is 0 Å². The van der Waals surface area contributed by atoms with Gasteiger partial charge in [-0.3, -0.25) is 14.6 Å². The van der Waals surface area contributed by atoms with E-state index in [2.05, 4.69) is 4.90 Å². The van der Waals surface area contributed by atoms with Crippen LogP contribution in [0.5, 0.6) is 0 Å². The molecule has 5 heteroatoms. The first-order chi connectivity index (χ1) is 6.26. The van der Waals surface area contributed by atoms with Crippen LogP contribution in [0, 0.1) is 0 Å². The predicted octanol–water partition coefficient (Wildman–Crippen LogP) is 0.311. The lowest BCUT2D eigenvalue weighted by Gasteiger charge is -2.38. The molecule has 0 saturated carbocycles. The third kappa shape index (κ3) is 3.58. The lowest BCUT2D eigenvalue weighted by molar-refractivity contribution is -0.304. The predicted molar refractivity (Wildman–Crippen MR) is 49.3 cm³/mol. The fourth-order valence-electron chi connectivity index (χ4n) is 1.38. The molecular weight excluding hydrogens is 170 g/mol. The van der Waals surface area contributed by atoms with E-state index >= 15 is 0 Å². The molecule has 1 rings (SSSR count). The van der Waals surface area contributed by atoms with Crippen molar-refractivity contribution in [3.8, 4) is 0 Å². The van der Waals surface area contributed by atoms with Gasteiger partial charge in [-0.1, -0.05) is 0 Å². The van der Waals surface area contributed by atoms with Gasteiger partial charge in [0.1, 0.15) is 6.67 Å². The second kappa shape index (κ2) is 5.51. The number of hydrogen-bond donors (Lipinski definition) is 0. The first-order valence-corrected chi connectivity index (χ1v) is 4.70. The Labute approximate surface area is 79.7 Å². The van der Waals surface area contributed by atoms with E-state index in [9.17, 15) is 0 Å². The van der Waals surface area contributed by atoms with Crippen molar-refractivity contribution in [3.63, 3.8) is 0 Å². The maximum Gasteiger partial charge on any atom is 0.103 e. The molecule has 0 amide bonds. The highest BCUT2D eigenvalue weighted by Crippen LogP contribution is 2.05. The minimum absolute atomic E-state index is 0.702. The number of hydrogen-bond acceptors (Lipinski definition) is 5. The van der Waals surface area contributed by atoms with Gasteiger partial charge >= 0.3 is 0 Å². The molecule has 0 bridgehead atoms.